The lowest BCUT2D eigenvalue weighted by Crippen LogP contribution is -2.30. The van der Waals surface area contributed by atoms with Crippen LogP contribution in [0.25, 0.3) is 0 Å². The SMILES string of the molecule is CNC(CSc1ccc(Cl)cc1)C1CC1c1ccccc1. The van der Waals surface area contributed by atoms with E-state index >= 15 is 0 Å². The zero-order valence-corrected chi connectivity index (χ0v) is 13.7. The van der Waals surface area contributed by atoms with Crippen LogP contribution < -0.4 is 5.32 Å². The molecule has 21 heavy (non-hydrogen) atoms. The minimum Gasteiger partial charge on any atom is -0.316 e. The van der Waals surface area contributed by atoms with Crippen LogP contribution in [0.3, 0.4) is 0 Å². The second-order valence-electron chi connectivity index (χ2n) is 5.58. The number of halogens is 1. The van der Waals surface area contributed by atoms with Crippen molar-refractivity contribution in [3.8, 4) is 0 Å². The van der Waals surface area contributed by atoms with Crippen LogP contribution >= 0.6 is 23.4 Å². The average molecular weight is 318 g/mol. The van der Waals surface area contributed by atoms with Gasteiger partial charge < -0.3 is 5.32 Å². The third kappa shape index (κ3) is 3.82. The van der Waals surface area contributed by atoms with E-state index in [1.54, 1.807) is 0 Å². The van der Waals surface area contributed by atoms with Crippen molar-refractivity contribution in [1.82, 2.24) is 5.32 Å². The molecule has 1 nitrogen and oxygen atoms in total. The highest BCUT2D eigenvalue weighted by Gasteiger charge is 2.42. The first-order chi connectivity index (χ1) is 10.3. The summed E-state index contributed by atoms with van der Waals surface area (Å²) < 4.78 is 0. The van der Waals surface area contributed by atoms with E-state index in [1.807, 2.05) is 23.9 Å². The molecule has 1 aliphatic rings. The Morgan fingerprint density at radius 3 is 2.52 bits per heavy atom. The summed E-state index contributed by atoms with van der Waals surface area (Å²) in [5.41, 5.74) is 1.49. The molecule has 3 heteroatoms. The summed E-state index contributed by atoms with van der Waals surface area (Å²) >= 11 is 7.83. The molecule has 1 N–H and O–H groups in total. The van der Waals surface area contributed by atoms with Gasteiger partial charge in [-0.25, -0.2) is 0 Å². The van der Waals surface area contributed by atoms with Crippen LogP contribution in [0.1, 0.15) is 17.9 Å². The molecule has 1 saturated carbocycles. The fourth-order valence-electron chi connectivity index (χ4n) is 2.88. The maximum atomic E-state index is 5.93. The second-order valence-corrected chi connectivity index (χ2v) is 7.11. The predicted molar refractivity (Wildman–Crippen MR) is 92.3 cm³/mol. The first kappa shape index (κ1) is 15.0. The molecule has 0 spiro atoms. The van der Waals surface area contributed by atoms with Gasteiger partial charge in [0.2, 0.25) is 0 Å². The van der Waals surface area contributed by atoms with Crippen molar-refractivity contribution >= 4 is 23.4 Å². The van der Waals surface area contributed by atoms with Gasteiger partial charge in [0.1, 0.15) is 0 Å². The number of thioether (sulfide) groups is 1. The molecule has 3 rings (SSSR count). The molecular formula is C18H20ClNS. The van der Waals surface area contributed by atoms with E-state index in [4.69, 9.17) is 11.6 Å². The standard InChI is InChI=1S/C18H20ClNS/c1-20-18(12-21-15-9-7-14(19)8-10-15)17-11-16(17)13-5-3-2-4-6-13/h2-10,16-18,20H,11-12H2,1H3. The maximum Gasteiger partial charge on any atom is 0.0406 e. The van der Waals surface area contributed by atoms with Crippen molar-refractivity contribution in [3.63, 3.8) is 0 Å². The highest BCUT2D eigenvalue weighted by Crippen LogP contribution is 2.50. The van der Waals surface area contributed by atoms with E-state index < -0.39 is 0 Å². The summed E-state index contributed by atoms with van der Waals surface area (Å²) in [6.07, 6.45) is 1.30. The van der Waals surface area contributed by atoms with Gasteiger partial charge in [-0.2, -0.15) is 0 Å². The van der Waals surface area contributed by atoms with E-state index in [-0.39, 0.29) is 0 Å². The zero-order chi connectivity index (χ0) is 14.7. The first-order valence-corrected chi connectivity index (χ1v) is 8.75. The van der Waals surface area contributed by atoms with Crippen LogP contribution in [0.4, 0.5) is 0 Å². The van der Waals surface area contributed by atoms with Crippen molar-refractivity contribution in [3.05, 3.63) is 65.2 Å². The molecular weight excluding hydrogens is 298 g/mol. The summed E-state index contributed by atoms with van der Waals surface area (Å²) in [6.45, 7) is 0. The van der Waals surface area contributed by atoms with Crippen molar-refractivity contribution in [2.24, 2.45) is 5.92 Å². The lowest BCUT2D eigenvalue weighted by Gasteiger charge is -2.16. The van der Waals surface area contributed by atoms with Gasteiger partial charge in [-0.15, -0.1) is 11.8 Å². The fourth-order valence-corrected chi connectivity index (χ4v) is 4.12. The van der Waals surface area contributed by atoms with Crippen molar-refractivity contribution < 1.29 is 0 Å². The largest absolute Gasteiger partial charge is 0.316 e. The van der Waals surface area contributed by atoms with Crippen LogP contribution in [0.2, 0.25) is 5.02 Å². The van der Waals surface area contributed by atoms with E-state index in [0.29, 0.717) is 6.04 Å². The zero-order valence-electron chi connectivity index (χ0n) is 12.1. The Balaban J connectivity index is 1.56. The molecule has 3 unspecified atom stereocenters. The van der Waals surface area contributed by atoms with Gasteiger partial charge in [0.15, 0.2) is 0 Å². The molecule has 0 amide bonds. The Morgan fingerprint density at radius 1 is 1.14 bits per heavy atom. The average Bonchev–Trinajstić information content (AvgIpc) is 3.31. The summed E-state index contributed by atoms with van der Waals surface area (Å²) in [4.78, 5) is 1.29. The van der Waals surface area contributed by atoms with Crippen LogP contribution in [-0.4, -0.2) is 18.8 Å². The van der Waals surface area contributed by atoms with Crippen molar-refractivity contribution in [1.29, 1.82) is 0 Å². The Morgan fingerprint density at radius 2 is 1.86 bits per heavy atom. The number of hydrogen-bond acceptors (Lipinski definition) is 2. The Bertz CT molecular complexity index is 570. The van der Waals surface area contributed by atoms with Gasteiger partial charge in [-0.1, -0.05) is 41.9 Å². The summed E-state index contributed by atoms with van der Waals surface area (Å²) in [5.74, 6) is 2.60. The molecule has 0 saturated heterocycles. The maximum absolute atomic E-state index is 5.93. The number of nitrogens with one attached hydrogen (secondary N) is 1. The van der Waals surface area contributed by atoms with Gasteiger partial charge in [-0.3, -0.25) is 0 Å². The van der Waals surface area contributed by atoms with Crippen LogP contribution in [0, 0.1) is 5.92 Å². The molecule has 0 aliphatic heterocycles. The van der Waals surface area contributed by atoms with E-state index in [0.717, 1.165) is 22.6 Å². The minimum absolute atomic E-state index is 0.566. The third-order valence-corrected chi connectivity index (χ3v) is 5.58. The van der Waals surface area contributed by atoms with Crippen molar-refractivity contribution in [2.75, 3.05) is 12.8 Å². The summed E-state index contributed by atoms with van der Waals surface area (Å²) in [6, 6.07) is 19.6. The molecule has 2 aromatic rings. The molecule has 1 aliphatic carbocycles. The molecule has 0 heterocycles. The van der Waals surface area contributed by atoms with E-state index in [1.165, 1.54) is 16.9 Å². The number of hydrogen-bond donors (Lipinski definition) is 1. The normalized spacial score (nSPS) is 22.0. The fraction of sp³-hybridized carbons (Fsp3) is 0.333. The topological polar surface area (TPSA) is 12.0 Å². The lowest BCUT2D eigenvalue weighted by molar-refractivity contribution is 0.542. The second kappa shape index (κ2) is 6.87. The van der Waals surface area contributed by atoms with Gasteiger partial charge in [0.05, 0.1) is 0 Å². The molecule has 0 aromatic heterocycles. The van der Waals surface area contributed by atoms with Gasteiger partial charge in [0, 0.05) is 21.7 Å². The number of rotatable bonds is 6. The first-order valence-electron chi connectivity index (χ1n) is 7.38. The molecule has 2 aromatic carbocycles. The lowest BCUT2D eigenvalue weighted by atomic mass is 10.1. The molecule has 110 valence electrons. The Kier molecular flexibility index (Phi) is 4.89. The van der Waals surface area contributed by atoms with E-state index in [9.17, 15) is 0 Å². The monoisotopic (exact) mass is 317 g/mol. The summed E-state index contributed by atoms with van der Waals surface area (Å²) in [5, 5.41) is 4.30. The smallest absolute Gasteiger partial charge is 0.0406 e. The van der Waals surface area contributed by atoms with Crippen LogP contribution in [0.5, 0.6) is 0 Å². The van der Waals surface area contributed by atoms with Gasteiger partial charge in [-0.05, 0) is 55.1 Å². The van der Waals surface area contributed by atoms with Crippen LogP contribution in [-0.2, 0) is 0 Å². The molecule has 1 fully saturated rings. The predicted octanol–water partition coefficient (Wildman–Crippen LogP) is 4.82. The summed E-state index contributed by atoms with van der Waals surface area (Å²) in [7, 11) is 2.08. The van der Waals surface area contributed by atoms with Gasteiger partial charge in [0.25, 0.3) is 0 Å². The highest BCUT2D eigenvalue weighted by molar-refractivity contribution is 7.99. The Hall–Kier alpha value is -0.960. The third-order valence-electron chi connectivity index (χ3n) is 4.20. The number of benzene rings is 2. The van der Waals surface area contributed by atoms with Crippen LogP contribution in [0.15, 0.2) is 59.5 Å². The van der Waals surface area contributed by atoms with E-state index in [2.05, 4.69) is 54.8 Å². The highest BCUT2D eigenvalue weighted by atomic mass is 35.5. The van der Waals surface area contributed by atoms with Gasteiger partial charge >= 0.3 is 0 Å². The van der Waals surface area contributed by atoms with Crippen molar-refractivity contribution in [2.45, 2.75) is 23.3 Å². The molecule has 0 radical (unpaired) electrons. The molecule has 0 bridgehead atoms. The Labute approximate surface area is 136 Å². The molecule has 3 atom stereocenters. The quantitative estimate of drug-likeness (QED) is 0.766. The minimum atomic E-state index is 0.566.